The number of H-pyrrole nitrogens is 1. The minimum absolute atomic E-state index is 0.194. The van der Waals surface area contributed by atoms with Crippen LogP contribution in [0.15, 0.2) is 18.3 Å². The van der Waals surface area contributed by atoms with Gasteiger partial charge in [0.2, 0.25) is 0 Å². The zero-order valence-corrected chi connectivity index (χ0v) is 9.77. The molecule has 0 saturated heterocycles. The molecule has 0 spiro atoms. The number of ketones is 1. The number of carbonyl (C=O) groups is 1. The molecule has 1 heterocycles. The van der Waals surface area contributed by atoms with Crippen molar-refractivity contribution in [2.75, 3.05) is 0 Å². The van der Waals surface area contributed by atoms with Crippen molar-refractivity contribution in [3.8, 4) is 5.75 Å². The molecule has 0 radical (unpaired) electrons. The van der Waals surface area contributed by atoms with Gasteiger partial charge >= 0.3 is 6.36 Å². The number of halogens is 4. The first-order valence-electron chi connectivity index (χ1n) is 5.41. The first kappa shape index (κ1) is 13.4. The number of alkyl halides is 3. The van der Waals surface area contributed by atoms with Crippen molar-refractivity contribution in [1.82, 2.24) is 4.98 Å². The maximum absolute atomic E-state index is 13.4. The SMILES string of the molecule is CCC(=O)c1c[nH]c2cc(F)c(OC(F)(F)F)cc12. The summed E-state index contributed by atoms with van der Waals surface area (Å²) in [6, 6.07) is 1.74. The highest BCUT2D eigenvalue weighted by Crippen LogP contribution is 2.31. The highest BCUT2D eigenvalue weighted by molar-refractivity contribution is 6.08. The molecule has 7 heteroatoms. The van der Waals surface area contributed by atoms with Crippen molar-refractivity contribution >= 4 is 16.7 Å². The van der Waals surface area contributed by atoms with Gasteiger partial charge < -0.3 is 9.72 Å². The van der Waals surface area contributed by atoms with Crippen molar-refractivity contribution in [2.24, 2.45) is 0 Å². The molecule has 3 nitrogen and oxygen atoms in total. The lowest BCUT2D eigenvalue weighted by atomic mass is 10.1. The van der Waals surface area contributed by atoms with Crippen LogP contribution in [0.4, 0.5) is 17.6 Å². The molecule has 0 unspecified atom stereocenters. The molecule has 102 valence electrons. The molecule has 2 aromatic rings. The highest BCUT2D eigenvalue weighted by atomic mass is 19.4. The topological polar surface area (TPSA) is 42.1 Å². The van der Waals surface area contributed by atoms with Gasteiger partial charge in [-0.05, 0) is 6.07 Å². The molecule has 0 atom stereocenters. The summed E-state index contributed by atoms with van der Waals surface area (Å²) < 4.78 is 53.3. The molecular formula is C12H9F4NO2. The Morgan fingerprint density at radius 1 is 1.37 bits per heavy atom. The summed E-state index contributed by atoms with van der Waals surface area (Å²) in [5.41, 5.74) is 0.452. The Morgan fingerprint density at radius 3 is 2.63 bits per heavy atom. The van der Waals surface area contributed by atoms with Crippen LogP contribution in [0.3, 0.4) is 0 Å². The number of aromatic amines is 1. The predicted octanol–water partition coefficient (Wildman–Crippen LogP) is 3.80. The molecule has 0 bridgehead atoms. The Balaban J connectivity index is 2.55. The lowest BCUT2D eigenvalue weighted by Gasteiger charge is -2.09. The van der Waals surface area contributed by atoms with Gasteiger partial charge in [0.1, 0.15) is 0 Å². The van der Waals surface area contributed by atoms with Crippen LogP contribution in [0.5, 0.6) is 5.75 Å². The largest absolute Gasteiger partial charge is 0.573 e. The lowest BCUT2D eigenvalue weighted by Crippen LogP contribution is -2.18. The van der Waals surface area contributed by atoms with Crippen molar-refractivity contribution in [1.29, 1.82) is 0 Å². The predicted molar refractivity (Wildman–Crippen MR) is 59.6 cm³/mol. The third kappa shape index (κ3) is 2.69. The van der Waals surface area contributed by atoms with Gasteiger partial charge in [-0.25, -0.2) is 4.39 Å². The second-order valence-electron chi connectivity index (χ2n) is 3.86. The van der Waals surface area contributed by atoms with E-state index in [4.69, 9.17) is 0 Å². The molecule has 19 heavy (non-hydrogen) atoms. The summed E-state index contributed by atoms with van der Waals surface area (Å²) in [5, 5.41) is 0.201. The van der Waals surface area contributed by atoms with Crippen LogP contribution in [0, 0.1) is 5.82 Å². The van der Waals surface area contributed by atoms with E-state index < -0.39 is 17.9 Å². The molecule has 0 saturated carbocycles. The molecular weight excluding hydrogens is 266 g/mol. The van der Waals surface area contributed by atoms with E-state index in [2.05, 4.69) is 9.72 Å². The number of hydrogen-bond acceptors (Lipinski definition) is 2. The van der Waals surface area contributed by atoms with E-state index in [1.54, 1.807) is 6.92 Å². The number of hydrogen-bond donors (Lipinski definition) is 1. The van der Waals surface area contributed by atoms with E-state index in [-0.39, 0.29) is 28.7 Å². The van der Waals surface area contributed by atoms with Gasteiger partial charge in [0, 0.05) is 35.2 Å². The molecule has 0 aliphatic carbocycles. The van der Waals surface area contributed by atoms with Crippen molar-refractivity contribution in [2.45, 2.75) is 19.7 Å². The smallest absolute Gasteiger partial charge is 0.403 e. The number of nitrogens with one attached hydrogen (secondary N) is 1. The average molecular weight is 275 g/mol. The summed E-state index contributed by atoms with van der Waals surface area (Å²) in [7, 11) is 0. The van der Waals surface area contributed by atoms with E-state index in [1.165, 1.54) is 6.20 Å². The summed E-state index contributed by atoms with van der Waals surface area (Å²) >= 11 is 0. The normalized spacial score (nSPS) is 11.8. The summed E-state index contributed by atoms with van der Waals surface area (Å²) in [6.07, 6.45) is -3.45. The maximum Gasteiger partial charge on any atom is 0.573 e. The van der Waals surface area contributed by atoms with Crippen LogP contribution >= 0.6 is 0 Å². The molecule has 1 aromatic carbocycles. The molecule has 0 fully saturated rings. The lowest BCUT2D eigenvalue weighted by molar-refractivity contribution is -0.275. The average Bonchev–Trinajstić information content (AvgIpc) is 2.69. The van der Waals surface area contributed by atoms with E-state index in [0.29, 0.717) is 0 Å². The van der Waals surface area contributed by atoms with Crippen molar-refractivity contribution in [3.05, 3.63) is 29.7 Å². The fourth-order valence-corrected chi connectivity index (χ4v) is 1.75. The minimum atomic E-state index is -4.99. The van der Waals surface area contributed by atoms with Gasteiger partial charge in [0.15, 0.2) is 17.3 Å². The van der Waals surface area contributed by atoms with Crippen molar-refractivity contribution < 1.29 is 27.1 Å². The number of fused-ring (bicyclic) bond motifs is 1. The van der Waals surface area contributed by atoms with E-state index in [9.17, 15) is 22.4 Å². The van der Waals surface area contributed by atoms with Gasteiger partial charge in [-0.1, -0.05) is 6.92 Å². The second-order valence-corrected chi connectivity index (χ2v) is 3.86. The molecule has 1 N–H and O–H groups in total. The zero-order chi connectivity index (χ0) is 14.2. The van der Waals surface area contributed by atoms with Gasteiger partial charge in [0.25, 0.3) is 0 Å². The quantitative estimate of drug-likeness (QED) is 0.683. The van der Waals surface area contributed by atoms with Crippen LogP contribution in [-0.4, -0.2) is 17.1 Å². The van der Waals surface area contributed by atoms with Crippen LogP contribution in [0.2, 0.25) is 0 Å². The Bertz CT molecular complexity index is 630. The Kier molecular flexibility index (Phi) is 3.21. The van der Waals surface area contributed by atoms with Gasteiger partial charge in [-0.15, -0.1) is 13.2 Å². The van der Waals surface area contributed by atoms with E-state index in [1.807, 2.05) is 0 Å². The number of rotatable bonds is 3. The minimum Gasteiger partial charge on any atom is -0.403 e. The van der Waals surface area contributed by atoms with Crippen LogP contribution in [0.25, 0.3) is 10.9 Å². The van der Waals surface area contributed by atoms with Gasteiger partial charge in [-0.3, -0.25) is 4.79 Å². The van der Waals surface area contributed by atoms with E-state index >= 15 is 0 Å². The summed E-state index contributed by atoms with van der Waals surface area (Å²) in [6.45, 7) is 1.62. The molecule has 0 aliphatic heterocycles. The fourth-order valence-electron chi connectivity index (χ4n) is 1.75. The number of aromatic nitrogens is 1. The molecule has 2 rings (SSSR count). The van der Waals surface area contributed by atoms with Gasteiger partial charge in [0.05, 0.1) is 0 Å². The monoisotopic (exact) mass is 275 g/mol. The number of ether oxygens (including phenoxy) is 1. The van der Waals surface area contributed by atoms with Crippen LogP contribution < -0.4 is 4.74 Å². The van der Waals surface area contributed by atoms with Crippen LogP contribution in [-0.2, 0) is 0 Å². The number of Topliss-reactive ketones (excluding diaryl/α,β-unsaturated/α-hetero) is 1. The molecule has 0 aliphatic rings. The standard InChI is InChI=1S/C12H9F4NO2/c1-2-10(18)7-5-17-9-4-8(13)11(3-6(7)9)19-12(14,15)16/h3-5,17H,2H2,1H3. The second kappa shape index (κ2) is 4.56. The first-order chi connectivity index (χ1) is 8.81. The fraction of sp³-hybridized carbons (Fsp3) is 0.250. The molecule has 0 amide bonds. The highest BCUT2D eigenvalue weighted by Gasteiger charge is 2.32. The first-order valence-corrected chi connectivity index (χ1v) is 5.41. The summed E-state index contributed by atoms with van der Waals surface area (Å²) in [4.78, 5) is 14.2. The van der Waals surface area contributed by atoms with Crippen LogP contribution in [0.1, 0.15) is 23.7 Å². The third-order valence-electron chi connectivity index (χ3n) is 2.58. The van der Waals surface area contributed by atoms with Gasteiger partial charge in [-0.2, -0.15) is 0 Å². The third-order valence-corrected chi connectivity index (χ3v) is 2.58. The Morgan fingerprint density at radius 2 is 2.05 bits per heavy atom. The number of carbonyl (C=O) groups excluding carboxylic acids is 1. The molecule has 1 aromatic heterocycles. The zero-order valence-electron chi connectivity index (χ0n) is 9.77. The Hall–Kier alpha value is -2.05. The van der Waals surface area contributed by atoms with Crippen molar-refractivity contribution in [3.63, 3.8) is 0 Å². The van der Waals surface area contributed by atoms with E-state index in [0.717, 1.165) is 12.1 Å². The maximum atomic E-state index is 13.4. The number of benzene rings is 1. The summed E-state index contributed by atoms with van der Waals surface area (Å²) in [5.74, 6) is -2.36. The Labute approximate surface area is 105 Å².